The van der Waals surface area contributed by atoms with Crippen molar-refractivity contribution in [2.24, 2.45) is 5.73 Å². The topological polar surface area (TPSA) is 69.4 Å². The van der Waals surface area contributed by atoms with Gasteiger partial charge in [0.15, 0.2) is 17.4 Å². The third kappa shape index (κ3) is 2.80. The molecule has 0 saturated carbocycles. The van der Waals surface area contributed by atoms with Crippen molar-refractivity contribution in [3.05, 3.63) is 59.2 Å². The lowest BCUT2D eigenvalue weighted by Crippen LogP contribution is -2.12. The molecule has 4 nitrogen and oxygen atoms in total. The summed E-state index contributed by atoms with van der Waals surface area (Å²) >= 11 is 0. The first-order chi connectivity index (χ1) is 9.51. The number of ether oxygens (including phenoxy) is 1. The van der Waals surface area contributed by atoms with E-state index in [0.717, 1.165) is 12.1 Å². The summed E-state index contributed by atoms with van der Waals surface area (Å²) < 4.78 is 32.4. The average molecular weight is 277 g/mol. The Morgan fingerprint density at radius 1 is 1.10 bits per heavy atom. The highest BCUT2D eigenvalue weighted by Gasteiger charge is 2.15. The van der Waals surface area contributed by atoms with E-state index in [9.17, 15) is 18.4 Å². The molecule has 2 aromatic carbocycles. The second kappa shape index (κ2) is 5.48. The number of carbonyl (C=O) groups excluding carboxylic acids is 2. The molecular weight excluding hydrogens is 268 g/mol. The normalized spacial score (nSPS) is 10.1. The van der Waals surface area contributed by atoms with Crippen LogP contribution in [0.1, 0.15) is 20.7 Å². The van der Waals surface area contributed by atoms with Gasteiger partial charge >= 0.3 is 0 Å². The van der Waals surface area contributed by atoms with E-state index in [-0.39, 0.29) is 11.3 Å². The van der Waals surface area contributed by atoms with Gasteiger partial charge in [0.2, 0.25) is 5.91 Å². The Morgan fingerprint density at radius 2 is 1.65 bits per heavy atom. The van der Waals surface area contributed by atoms with Crippen LogP contribution in [-0.4, -0.2) is 12.2 Å². The lowest BCUT2D eigenvalue weighted by molar-refractivity contribution is 0.0999. The van der Waals surface area contributed by atoms with Crippen molar-refractivity contribution in [1.29, 1.82) is 0 Å². The van der Waals surface area contributed by atoms with Crippen LogP contribution in [0.25, 0.3) is 0 Å². The highest BCUT2D eigenvalue weighted by atomic mass is 19.1. The number of carbonyl (C=O) groups is 2. The van der Waals surface area contributed by atoms with Crippen LogP contribution in [0.3, 0.4) is 0 Å². The zero-order chi connectivity index (χ0) is 14.7. The quantitative estimate of drug-likeness (QED) is 0.873. The number of benzene rings is 2. The summed E-state index contributed by atoms with van der Waals surface area (Å²) in [6.45, 7) is 0. The average Bonchev–Trinajstić information content (AvgIpc) is 2.43. The molecule has 0 atom stereocenters. The molecule has 2 aromatic rings. The fraction of sp³-hybridized carbons (Fsp3) is 0. The molecule has 2 N–H and O–H groups in total. The van der Waals surface area contributed by atoms with E-state index in [2.05, 4.69) is 0 Å². The zero-order valence-corrected chi connectivity index (χ0v) is 10.1. The molecular formula is C14H9F2NO3. The largest absolute Gasteiger partial charge is 0.451 e. The maximum Gasteiger partial charge on any atom is 0.248 e. The Hall–Kier alpha value is -2.76. The number of halogens is 2. The fourth-order valence-corrected chi connectivity index (χ4v) is 1.53. The van der Waals surface area contributed by atoms with Crippen LogP contribution >= 0.6 is 0 Å². The number of hydrogen-bond donors (Lipinski definition) is 1. The standard InChI is InChI=1S/C14H9F2NO3/c15-11-5-9(14(17)19)6-12(16)13(11)20-10-3-1-8(7-18)2-4-10/h1-7H,(H2,17,19). The molecule has 0 aliphatic carbocycles. The molecule has 0 saturated heterocycles. The summed E-state index contributed by atoms with van der Waals surface area (Å²) in [6, 6.07) is 7.25. The molecule has 102 valence electrons. The van der Waals surface area contributed by atoms with E-state index in [1.54, 1.807) is 0 Å². The molecule has 1 amide bonds. The van der Waals surface area contributed by atoms with Gasteiger partial charge in [0, 0.05) is 11.1 Å². The smallest absolute Gasteiger partial charge is 0.248 e. The Labute approximate surface area is 112 Å². The third-order valence-corrected chi connectivity index (χ3v) is 2.52. The van der Waals surface area contributed by atoms with Gasteiger partial charge in [0.1, 0.15) is 12.0 Å². The minimum Gasteiger partial charge on any atom is -0.451 e. The van der Waals surface area contributed by atoms with Gasteiger partial charge in [-0.2, -0.15) is 0 Å². The highest BCUT2D eigenvalue weighted by molar-refractivity contribution is 5.92. The molecule has 0 aliphatic rings. The minimum absolute atomic E-state index is 0.153. The first-order valence-corrected chi connectivity index (χ1v) is 5.53. The summed E-state index contributed by atoms with van der Waals surface area (Å²) in [7, 11) is 0. The molecule has 0 spiro atoms. The van der Waals surface area contributed by atoms with Crippen molar-refractivity contribution in [1.82, 2.24) is 0 Å². The van der Waals surface area contributed by atoms with Crippen LogP contribution in [0.2, 0.25) is 0 Å². The summed E-state index contributed by atoms with van der Waals surface area (Å²) in [4.78, 5) is 21.3. The highest BCUT2D eigenvalue weighted by Crippen LogP contribution is 2.28. The molecule has 0 radical (unpaired) electrons. The van der Waals surface area contributed by atoms with E-state index in [1.807, 2.05) is 0 Å². The fourth-order valence-electron chi connectivity index (χ4n) is 1.53. The van der Waals surface area contributed by atoms with Crippen LogP contribution in [0.15, 0.2) is 36.4 Å². The number of amides is 1. The molecule has 0 heterocycles. The van der Waals surface area contributed by atoms with E-state index in [1.165, 1.54) is 24.3 Å². The SMILES string of the molecule is NC(=O)c1cc(F)c(Oc2ccc(C=O)cc2)c(F)c1. The Bertz CT molecular complexity index is 646. The Morgan fingerprint density at radius 3 is 2.10 bits per heavy atom. The molecule has 0 bridgehead atoms. The van der Waals surface area contributed by atoms with E-state index >= 15 is 0 Å². The van der Waals surface area contributed by atoms with Crippen LogP contribution in [0.5, 0.6) is 11.5 Å². The van der Waals surface area contributed by atoms with Crippen molar-refractivity contribution >= 4 is 12.2 Å². The van der Waals surface area contributed by atoms with E-state index < -0.39 is 23.3 Å². The first-order valence-electron chi connectivity index (χ1n) is 5.53. The number of aldehydes is 1. The van der Waals surface area contributed by atoms with Crippen molar-refractivity contribution < 1.29 is 23.1 Å². The van der Waals surface area contributed by atoms with Crippen LogP contribution < -0.4 is 10.5 Å². The number of nitrogens with two attached hydrogens (primary N) is 1. The van der Waals surface area contributed by atoms with Crippen molar-refractivity contribution in [2.45, 2.75) is 0 Å². The summed E-state index contributed by atoms with van der Waals surface area (Å²) in [5.74, 6) is -3.52. The van der Waals surface area contributed by atoms with Crippen molar-refractivity contribution in [3.8, 4) is 11.5 Å². The van der Waals surface area contributed by atoms with Gasteiger partial charge in [0.05, 0.1) is 0 Å². The molecule has 20 heavy (non-hydrogen) atoms. The van der Waals surface area contributed by atoms with Crippen molar-refractivity contribution in [2.75, 3.05) is 0 Å². The van der Waals surface area contributed by atoms with Crippen LogP contribution in [0.4, 0.5) is 8.78 Å². The van der Waals surface area contributed by atoms with Gasteiger partial charge in [-0.25, -0.2) is 8.78 Å². The Kier molecular flexibility index (Phi) is 3.74. The van der Waals surface area contributed by atoms with Crippen LogP contribution in [0, 0.1) is 11.6 Å². The molecule has 0 aromatic heterocycles. The lowest BCUT2D eigenvalue weighted by Gasteiger charge is -2.09. The van der Waals surface area contributed by atoms with Gasteiger partial charge in [-0.15, -0.1) is 0 Å². The molecule has 6 heteroatoms. The van der Waals surface area contributed by atoms with Gasteiger partial charge < -0.3 is 10.5 Å². The lowest BCUT2D eigenvalue weighted by atomic mass is 10.2. The first kappa shape index (κ1) is 13.7. The van der Waals surface area contributed by atoms with Crippen LogP contribution in [-0.2, 0) is 0 Å². The predicted molar refractivity (Wildman–Crippen MR) is 66.8 cm³/mol. The maximum absolute atomic E-state index is 13.7. The molecule has 2 rings (SSSR count). The number of rotatable bonds is 4. The number of hydrogen-bond acceptors (Lipinski definition) is 3. The maximum atomic E-state index is 13.7. The molecule has 0 fully saturated rings. The second-order valence-corrected chi connectivity index (χ2v) is 3.92. The second-order valence-electron chi connectivity index (χ2n) is 3.92. The monoisotopic (exact) mass is 277 g/mol. The number of primary amides is 1. The Balaban J connectivity index is 2.33. The van der Waals surface area contributed by atoms with E-state index in [0.29, 0.717) is 11.8 Å². The summed E-state index contributed by atoms with van der Waals surface area (Å²) in [6.07, 6.45) is 0.632. The third-order valence-electron chi connectivity index (χ3n) is 2.52. The van der Waals surface area contributed by atoms with Crippen molar-refractivity contribution in [3.63, 3.8) is 0 Å². The van der Waals surface area contributed by atoms with Gasteiger partial charge in [0.25, 0.3) is 0 Å². The van der Waals surface area contributed by atoms with E-state index in [4.69, 9.17) is 10.5 Å². The minimum atomic E-state index is -1.04. The summed E-state index contributed by atoms with van der Waals surface area (Å²) in [5.41, 5.74) is 5.06. The molecule has 0 unspecified atom stereocenters. The summed E-state index contributed by atoms with van der Waals surface area (Å²) in [5, 5.41) is 0. The molecule has 0 aliphatic heterocycles. The van der Waals surface area contributed by atoms with Gasteiger partial charge in [-0.1, -0.05) is 0 Å². The zero-order valence-electron chi connectivity index (χ0n) is 10.1. The van der Waals surface area contributed by atoms with Gasteiger partial charge in [-0.3, -0.25) is 9.59 Å². The van der Waals surface area contributed by atoms with Gasteiger partial charge in [-0.05, 0) is 36.4 Å². The predicted octanol–water partition coefficient (Wildman–Crippen LogP) is 2.67.